The minimum atomic E-state index is -1.36. The number of carbonyl (C=O) groups excluding carboxylic acids is 3. The molecule has 4 aromatic carbocycles. The van der Waals surface area contributed by atoms with Crippen LogP contribution in [0.2, 0.25) is 0 Å². The predicted octanol–water partition coefficient (Wildman–Crippen LogP) is 6.46. The maximum Gasteiger partial charge on any atom is 0.253 e. The Morgan fingerprint density at radius 3 is 2.23 bits per heavy atom. The van der Waals surface area contributed by atoms with Crippen molar-refractivity contribution < 1.29 is 29.0 Å². The standard InChI is InChI=1S/C42H42BrN3O6/c1-4-22-44(30-18-20-32(21-19-30)51-6-3)39(48)35-36-40(49)46(34(26-47)28-13-8-7-9-14-28)38(42(36)25-33(43)37(35)52-42)41(50)45(23-5-2)31-17-16-27-12-10-11-15-29(27)24-31/h4-5,7-21,24,33-38,47H,1-2,6,22-23,25-26H2,3H3/t33?,34-,35+,36+,37+,38?,42?/m1/s1. The van der Waals surface area contributed by atoms with Crippen LogP contribution in [0, 0.1) is 11.8 Å². The molecule has 3 unspecified atom stereocenters. The van der Waals surface area contributed by atoms with Gasteiger partial charge in [-0.2, -0.15) is 0 Å². The lowest BCUT2D eigenvalue weighted by molar-refractivity contribution is -0.144. The van der Waals surface area contributed by atoms with Crippen LogP contribution >= 0.6 is 15.9 Å². The summed E-state index contributed by atoms with van der Waals surface area (Å²) in [7, 11) is 0. The number of ether oxygens (including phenoxy) is 2. The Balaban J connectivity index is 1.34. The number of benzene rings is 4. The summed E-state index contributed by atoms with van der Waals surface area (Å²) in [4.78, 5) is 49.7. The van der Waals surface area contributed by atoms with Gasteiger partial charge in [-0.3, -0.25) is 14.4 Å². The molecule has 3 amide bonds. The van der Waals surface area contributed by atoms with E-state index < -0.39 is 48.1 Å². The highest BCUT2D eigenvalue weighted by molar-refractivity contribution is 9.09. The molecule has 9 nitrogen and oxygen atoms in total. The Labute approximate surface area is 312 Å². The molecular weight excluding hydrogens is 722 g/mol. The number of likely N-dealkylation sites (tertiary alicyclic amines) is 1. The monoisotopic (exact) mass is 763 g/mol. The van der Waals surface area contributed by atoms with E-state index in [1.807, 2.05) is 91.9 Å². The van der Waals surface area contributed by atoms with E-state index in [0.717, 1.165) is 10.8 Å². The molecule has 2 bridgehead atoms. The van der Waals surface area contributed by atoms with Gasteiger partial charge in [0.05, 0.1) is 37.2 Å². The van der Waals surface area contributed by atoms with Crippen LogP contribution in [0.3, 0.4) is 0 Å². The third-order valence-corrected chi connectivity index (χ3v) is 11.4. The number of carbonyl (C=O) groups is 3. The summed E-state index contributed by atoms with van der Waals surface area (Å²) in [5, 5.41) is 13.0. The fourth-order valence-corrected chi connectivity index (χ4v) is 9.40. The first kappa shape index (κ1) is 35.6. The minimum Gasteiger partial charge on any atom is -0.494 e. The summed E-state index contributed by atoms with van der Waals surface area (Å²) in [6, 6.07) is 28.1. The van der Waals surface area contributed by atoms with Crippen molar-refractivity contribution in [2.45, 2.75) is 42.0 Å². The minimum absolute atomic E-state index is 0.167. The fraction of sp³-hybridized carbons (Fsp3) is 0.310. The molecular formula is C42H42BrN3O6. The highest BCUT2D eigenvalue weighted by Gasteiger charge is 2.77. The van der Waals surface area contributed by atoms with Crippen LogP contribution in [-0.2, 0) is 19.1 Å². The first-order valence-electron chi connectivity index (χ1n) is 17.6. The number of amides is 3. The third-order valence-electron chi connectivity index (χ3n) is 10.6. The van der Waals surface area contributed by atoms with Gasteiger partial charge in [0.15, 0.2) is 0 Å². The third kappa shape index (κ3) is 5.92. The number of aliphatic hydroxyl groups is 1. The topological polar surface area (TPSA) is 99.6 Å². The van der Waals surface area contributed by atoms with Gasteiger partial charge in [0.2, 0.25) is 11.8 Å². The van der Waals surface area contributed by atoms with Crippen LogP contribution in [0.4, 0.5) is 11.4 Å². The first-order valence-corrected chi connectivity index (χ1v) is 18.6. The zero-order chi connectivity index (χ0) is 36.6. The molecule has 0 aromatic heterocycles. The van der Waals surface area contributed by atoms with Crippen LogP contribution in [0.5, 0.6) is 5.75 Å². The van der Waals surface area contributed by atoms with Crippen molar-refractivity contribution >= 4 is 55.8 Å². The van der Waals surface area contributed by atoms with Crippen LogP contribution in [0.25, 0.3) is 10.8 Å². The van der Waals surface area contributed by atoms with Gasteiger partial charge in [0.25, 0.3) is 5.91 Å². The molecule has 4 aromatic rings. The second-order valence-corrected chi connectivity index (χ2v) is 14.6. The number of anilines is 2. The maximum atomic E-state index is 15.3. The van der Waals surface area contributed by atoms with Crippen molar-refractivity contribution in [3.8, 4) is 5.75 Å². The number of nitrogens with zero attached hydrogens (tertiary/aromatic N) is 3. The fourth-order valence-electron chi connectivity index (χ4n) is 8.46. The SMILES string of the molecule is C=CCN(C(=O)C1N([C@H](CO)c2ccccc2)C(=O)[C@@H]2[C@H](C(=O)N(CC=C)c3ccc(OCC)cc3)[C@H]3OC12CC3Br)c1ccc2ccccc2c1. The lowest BCUT2D eigenvalue weighted by Crippen LogP contribution is -2.58. The molecule has 0 saturated carbocycles. The van der Waals surface area contributed by atoms with E-state index in [2.05, 4.69) is 29.1 Å². The largest absolute Gasteiger partial charge is 0.494 e. The van der Waals surface area contributed by atoms with Crippen LogP contribution < -0.4 is 14.5 Å². The normalized spacial score (nSPS) is 25.1. The number of halogens is 1. The van der Waals surface area contributed by atoms with Gasteiger partial charge < -0.3 is 29.3 Å². The summed E-state index contributed by atoms with van der Waals surface area (Å²) in [6.07, 6.45) is 2.95. The molecule has 7 rings (SSSR count). The number of hydrogen-bond acceptors (Lipinski definition) is 6. The molecule has 3 fully saturated rings. The Bertz CT molecular complexity index is 1990. The van der Waals surface area contributed by atoms with Crippen LogP contribution in [-0.4, -0.2) is 76.6 Å². The maximum absolute atomic E-state index is 15.3. The molecule has 10 heteroatoms. The summed E-state index contributed by atoms with van der Waals surface area (Å²) >= 11 is 3.81. The van der Waals surface area contributed by atoms with Crippen molar-refractivity contribution in [2.75, 3.05) is 36.1 Å². The van der Waals surface area contributed by atoms with E-state index in [1.54, 1.807) is 34.1 Å². The lowest BCUT2D eigenvalue weighted by Gasteiger charge is -2.39. The Morgan fingerprint density at radius 1 is 0.942 bits per heavy atom. The van der Waals surface area contributed by atoms with E-state index in [9.17, 15) is 9.90 Å². The van der Waals surface area contributed by atoms with E-state index in [-0.39, 0.29) is 29.7 Å². The number of rotatable bonds is 13. The molecule has 1 spiro atoms. The summed E-state index contributed by atoms with van der Waals surface area (Å²) in [6.45, 7) is 10.2. The van der Waals surface area contributed by atoms with Crippen LogP contribution in [0.1, 0.15) is 24.9 Å². The van der Waals surface area contributed by atoms with Crippen LogP contribution in [0.15, 0.2) is 122 Å². The van der Waals surface area contributed by atoms with E-state index in [4.69, 9.17) is 9.47 Å². The van der Waals surface area contributed by atoms with Gasteiger partial charge in [-0.1, -0.05) is 88.7 Å². The van der Waals surface area contributed by atoms with Gasteiger partial charge in [0.1, 0.15) is 17.4 Å². The summed E-state index contributed by atoms with van der Waals surface area (Å²) < 4.78 is 12.5. The number of fused-ring (bicyclic) bond motifs is 2. The molecule has 268 valence electrons. The van der Waals surface area contributed by atoms with Gasteiger partial charge in [0, 0.05) is 29.3 Å². The van der Waals surface area contributed by atoms with Crippen molar-refractivity contribution in [1.82, 2.24) is 4.90 Å². The zero-order valence-corrected chi connectivity index (χ0v) is 30.6. The number of alkyl halides is 1. The average molecular weight is 765 g/mol. The van der Waals surface area contributed by atoms with Crippen molar-refractivity contribution in [3.05, 3.63) is 128 Å². The summed E-state index contributed by atoms with van der Waals surface area (Å²) in [5.41, 5.74) is 0.574. The zero-order valence-electron chi connectivity index (χ0n) is 29.0. The second-order valence-electron chi connectivity index (χ2n) is 13.5. The lowest BCUT2D eigenvalue weighted by atomic mass is 9.70. The second kappa shape index (κ2) is 14.7. The van der Waals surface area contributed by atoms with Crippen molar-refractivity contribution in [3.63, 3.8) is 0 Å². The highest BCUT2D eigenvalue weighted by atomic mass is 79.9. The molecule has 0 aliphatic carbocycles. The highest BCUT2D eigenvalue weighted by Crippen LogP contribution is 2.61. The molecule has 0 radical (unpaired) electrons. The quantitative estimate of drug-likeness (QED) is 0.124. The first-order chi connectivity index (χ1) is 25.3. The Morgan fingerprint density at radius 2 is 1.58 bits per heavy atom. The molecule has 3 aliphatic rings. The molecule has 1 N–H and O–H groups in total. The molecule has 52 heavy (non-hydrogen) atoms. The summed E-state index contributed by atoms with van der Waals surface area (Å²) in [5.74, 6) is -2.30. The molecule has 7 atom stereocenters. The van der Waals surface area contributed by atoms with Gasteiger partial charge in [-0.05, 0) is 66.1 Å². The predicted molar refractivity (Wildman–Crippen MR) is 205 cm³/mol. The van der Waals surface area contributed by atoms with Crippen molar-refractivity contribution in [1.29, 1.82) is 0 Å². The molecule has 3 heterocycles. The Hall–Kier alpha value is -4.77. The average Bonchev–Trinajstić information content (AvgIpc) is 3.76. The number of aliphatic hydroxyl groups excluding tert-OH is 1. The number of hydrogen-bond donors (Lipinski definition) is 1. The van der Waals surface area contributed by atoms with Gasteiger partial charge in [-0.15, -0.1) is 13.2 Å². The van der Waals surface area contributed by atoms with Gasteiger partial charge >= 0.3 is 0 Å². The van der Waals surface area contributed by atoms with E-state index in [1.165, 1.54) is 4.90 Å². The van der Waals surface area contributed by atoms with E-state index >= 15 is 9.59 Å². The van der Waals surface area contributed by atoms with E-state index in [0.29, 0.717) is 35.7 Å². The van der Waals surface area contributed by atoms with Crippen molar-refractivity contribution in [2.24, 2.45) is 11.8 Å². The molecule has 3 aliphatic heterocycles. The smallest absolute Gasteiger partial charge is 0.253 e. The Kier molecular flexibility index (Phi) is 10.1. The molecule has 3 saturated heterocycles. The van der Waals surface area contributed by atoms with Gasteiger partial charge in [-0.25, -0.2) is 0 Å².